The van der Waals surface area contributed by atoms with Crippen LogP contribution >= 0.6 is 11.6 Å². The molecule has 1 aliphatic heterocycles. The van der Waals surface area contributed by atoms with Crippen LogP contribution in [0.1, 0.15) is 24.2 Å². The second kappa shape index (κ2) is 6.30. The van der Waals surface area contributed by atoms with Gasteiger partial charge in [0.25, 0.3) is 0 Å². The van der Waals surface area contributed by atoms with E-state index in [0.29, 0.717) is 11.6 Å². The number of nitrogens with zero attached hydrogens (tertiary/aromatic N) is 2. The van der Waals surface area contributed by atoms with Crippen LogP contribution in [-0.4, -0.2) is 15.5 Å². The fourth-order valence-electron chi connectivity index (χ4n) is 3.29. The van der Waals surface area contributed by atoms with Crippen LogP contribution in [0.25, 0.3) is 5.69 Å². The number of benzene rings is 2. The summed E-state index contributed by atoms with van der Waals surface area (Å²) in [6.45, 7) is 2.61. The van der Waals surface area contributed by atoms with Crippen molar-refractivity contribution in [2.24, 2.45) is 0 Å². The fourth-order valence-corrected chi connectivity index (χ4v) is 3.42. The summed E-state index contributed by atoms with van der Waals surface area (Å²) in [5.74, 6) is 0. The number of hydrogen-bond acceptors (Lipinski definition) is 1. The smallest absolute Gasteiger partial charge is 0.318 e. The van der Waals surface area contributed by atoms with E-state index >= 15 is 0 Å². The van der Waals surface area contributed by atoms with Gasteiger partial charge in [-0.2, -0.15) is 0 Å². The molecule has 0 radical (unpaired) electrons. The average Bonchev–Trinajstić information content (AvgIpc) is 3.07. The van der Waals surface area contributed by atoms with Crippen molar-refractivity contribution >= 4 is 23.3 Å². The van der Waals surface area contributed by atoms with Crippen molar-refractivity contribution < 1.29 is 4.79 Å². The Morgan fingerprint density at radius 3 is 2.64 bits per heavy atom. The Kier molecular flexibility index (Phi) is 3.98. The molecule has 0 bridgehead atoms. The Labute approximate surface area is 151 Å². The first-order chi connectivity index (χ1) is 12.1. The summed E-state index contributed by atoms with van der Waals surface area (Å²) in [5.41, 5.74) is 4.07. The minimum atomic E-state index is -0.126. The second-order valence-corrected chi connectivity index (χ2v) is 6.61. The van der Waals surface area contributed by atoms with Crippen molar-refractivity contribution in [3.8, 4) is 5.69 Å². The highest BCUT2D eigenvalue weighted by Crippen LogP contribution is 2.32. The summed E-state index contributed by atoms with van der Waals surface area (Å²) in [4.78, 5) is 14.8. The van der Waals surface area contributed by atoms with Gasteiger partial charge in [-0.15, -0.1) is 0 Å². The predicted octanol–water partition coefficient (Wildman–Crippen LogP) is 5.24. The molecule has 4 rings (SSSR count). The molecule has 25 heavy (non-hydrogen) atoms. The van der Waals surface area contributed by atoms with Gasteiger partial charge in [-0.1, -0.05) is 29.8 Å². The van der Waals surface area contributed by atoms with E-state index in [1.165, 1.54) is 0 Å². The van der Waals surface area contributed by atoms with E-state index in [0.717, 1.165) is 22.6 Å². The van der Waals surface area contributed by atoms with Crippen LogP contribution in [0.4, 0.5) is 10.5 Å². The second-order valence-electron chi connectivity index (χ2n) is 6.17. The summed E-state index contributed by atoms with van der Waals surface area (Å²) >= 11 is 5.92. The summed E-state index contributed by atoms with van der Waals surface area (Å²) in [6.07, 6.45) is 2.05. The molecule has 3 aromatic rings. The lowest BCUT2D eigenvalue weighted by Gasteiger charge is -2.27. The number of fused-ring (bicyclic) bond motifs is 3. The normalized spacial score (nSPS) is 15.9. The van der Waals surface area contributed by atoms with Gasteiger partial charge in [-0.25, -0.2) is 4.79 Å². The van der Waals surface area contributed by atoms with Crippen LogP contribution in [0.2, 0.25) is 5.02 Å². The molecule has 4 nitrogen and oxygen atoms in total. The molecule has 2 heterocycles. The Balaban J connectivity index is 1.68. The first kappa shape index (κ1) is 15.8. The number of aromatic nitrogens is 1. The molecule has 5 heteroatoms. The van der Waals surface area contributed by atoms with E-state index in [9.17, 15) is 4.79 Å². The van der Waals surface area contributed by atoms with Crippen LogP contribution in [-0.2, 0) is 6.54 Å². The number of carbonyl (C=O) groups is 1. The lowest BCUT2D eigenvalue weighted by atomic mass is 10.1. The maximum Gasteiger partial charge on any atom is 0.322 e. The highest BCUT2D eigenvalue weighted by atomic mass is 35.5. The van der Waals surface area contributed by atoms with Gasteiger partial charge in [-0.05, 0) is 55.0 Å². The molecule has 1 aliphatic rings. The van der Waals surface area contributed by atoms with Gasteiger partial charge >= 0.3 is 6.03 Å². The Hall–Kier alpha value is -2.72. The average molecular weight is 352 g/mol. The largest absolute Gasteiger partial charge is 0.322 e. The van der Waals surface area contributed by atoms with E-state index in [-0.39, 0.29) is 12.1 Å². The fraction of sp³-hybridized carbons (Fsp3) is 0.150. The molecule has 2 amide bonds. The van der Waals surface area contributed by atoms with Crippen molar-refractivity contribution in [2.75, 3.05) is 5.32 Å². The maximum atomic E-state index is 12.9. The van der Waals surface area contributed by atoms with Crippen molar-refractivity contribution in [2.45, 2.75) is 19.5 Å². The summed E-state index contributed by atoms with van der Waals surface area (Å²) in [7, 11) is 0. The lowest BCUT2D eigenvalue weighted by Crippen LogP contribution is -2.36. The van der Waals surface area contributed by atoms with Crippen molar-refractivity contribution in [1.82, 2.24) is 9.47 Å². The molecule has 1 aromatic heterocycles. The Morgan fingerprint density at radius 1 is 1.08 bits per heavy atom. The van der Waals surface area contributed by atoms with Crippen LogP contribution in [0.15, 0.2) is 66.9 Å². The number of urea groups is 1. The number of amides is 2. The van der Waals surface area contributed by atoms with Crippen LogP contribution in [0.5, 0.6) is 0 Å². The van der Waals surface area contributed by atoms with Crippen LogP contribution < -0.4 is 5.32 Å². The predicted molar refractivity (Wildman–Crippen MR) is 100 cm³/mol. The molecule has 0 aliphatic carbocycles. The summed E-state index contributed by atoms with van der Waals surface area (Å²) < 4.78 is 2.16. The van der Waals surface area contributed by atoms with E-state index in [1.54, 1.807) is 24.3 Å². The number of carbonyl (C=O) groups excluding carboxylic acids is 1. The third-order valence-electron chi connectivity index (χ3n) is 4.62. The molecular formula is C20H18ClN3O. The molecule has 0 saturated heterocycles. The van der Waals surface area contributed by atoms with Crippen molar-refractivity contribution in [3.05, 3.63) is 83.1 Å². The van der Waals surface area contributed by atoms with Gasteiger partial charge in [0.1, 0.15) is 0 Å². The molecular weight excluding hydrogens is 334 g/mol. The summed E-state index contributed by atoms with van der Waals surface area (Å²) in [5, 5.41) is 3.62. The first-order valence-electron chi connectivity index (χ1n) is 8.22. The molecule has 0 fully saturated rings. The topological polar surface area (TPSA) is 37.3 Å². The standard InChI is InChI=1S/C20H18ClN3O/c1-14-18-7-4-12-23(18)19-6-3-2-5-15(19)13-24(14)20(25)22-17-10-8-16(21)9-11-17/h2-12,14H,13H2,1H3,(H,22,25)/t14-/m1/s1. The number of hydrogen-bond donors (Lipinski definition) is 1. The quantitative estimate of drug-likeness (QED) is 0.639. The highest BCUT2D eigenvalue weighted by molar-refractivity contribution is 6.30. The van der Waals surface area contributed by atoms with Gasteiger partial charge in [0.05, 0.1) is 18.3 Å². The zero-order valence-corrected chi connectivity index (χ0v) is 14.6. The number of anilines is 1. The Morgan fingerprint density at radius 2 is 1.84 bits per heavy atom. The van der Waals surface area contributed by atoms with Gasteiger partial charge < -0.3 is 14.8 Å². The number of halogens is 1. The third kappa shape index (κ3) is 2.89. The molecule has 1 N–H and O–H groups in total. The van der Waals surface area contributed by atoms with Crippen molar-refractivity contribution in [3.63, 3.8) is 0 Å². The minimum absolute atomic E-state index is 0.0466. The monoisotopic (exact) mass is 351 g/mol. The highest BCUT2D eigenvalue weighted by Gasteiger charge is 2.28. The number of para-hydroxylation sites is 1. The number of nitrogens with one attached hydrogen (secondary N) is 1. The van der Waals surface area contributed by atoms with Crippen molar-refractivity contribution in [1.29, 1.82) is 0 Å². The molecule has 0 unspecified atom stereocenters. The molecule has 0 saturated carbocycles. The lowest BCUT2D eigenvalue weighted by molar-refractivity contribution is 0.189. The van der Waals surface area contributed by atoms with E-state index < -0.39 is 0 Å². The van der Waals surface area contributed by atoms with E-state index in [2.05, 4.69) is 35.0 Å². The molecule has 0 spiro atoms. The SMILES string of the molecule is C[C@@H]1c2cccn2-c2ccccc2CN1C(=O)Nc1ccc(Cl)cc1. The molecule has 2 aromatic carbocycles. The maximum absolute atomic E-state index is 12.9. The Bertz CT molecular complexity index is 917. The van der Waals surface area contributed by atoms with Gasteiger partial charge in [0.2, 0.25) is 0 Å². The van der Waals surface area contributed by atoms with Crippen LogP contribution in [0, 0.1) is 0 Å². The third-order valence-corrected chi connectivity index (χ3v) is 4.88. The summed E-state index contributed by atoms with van der Waals surface area (Å²) in [6, 6.07) is 19.2. The van der Waals surface area contributed by atoms with E-state index in [4.69, 9.17) is 11.6 Å². The van der Waals surface area contributed by atoms with Crippen LogP contribution in [0.3, 0.4) is 0 Å². The molecule has 1 atom stereocenters. The zero-order chi connectivity index (χ0) is 17.4. The zero-order valence-electron chi connectivity index (χ0n) is 13.8. The minimum Gasteiger partial charge on any atom is -0.318 e. The van der Waals surface area contributed by atoms with Gasteiger partial charge in [-0.3, -0.25) is 0 Å². The van der Waals surface area contributed by atoms with Gasteiger partial charge in [0, 0.05) is 22.6 Å². The number of rotatable bonds is 1. The van der Waals surface area contributed by atoms with Gasteiger partial charge in [0.15, 0.2) is 0 Å². The first-order valence-corrected chi connectivity index (χ1v) is 8.60. The van der Waals surface area contributed by atoms with E-state index in [1.807, 2.05) is 29.3 Å². The molecule has 126 valence electrons.